The van der Waals surface area contributed by atoms with E-state index < -0.39 is 0 Å². The average Bonchev–Trinajstić information content (AvgIpc) is 3.23. The van der Waals surface area contributed by atoms with E-state index in [1.54, 1.807) is 0 Å². The highest BCUT2D eigenvalue weighted by molar-refractivity contribution is 6.07. The first-order chi connectivity index (χ1) is 9.13. The molecule has 1 aliphatic carbocycles. The highest BCUT2D eigenvalue weighted by atomic mass is 16.1. The van der Waals surface area contributed by atoms with Crippen molar-refractivity contribution >= 4 is 5.78 Å². The van der Waals surface area contributed by atoms with Gasteiger partial charge >= 0.3 is 0 Å². The Balaban J connectivity index is 2.03. The number of carbonyl (C=O) groups excluding carboxylic acids is 1. The zero-order valence-electron chi connectivity index (χ0n) is 11.4. The van der Waals surface area contributed by atoms with Crippen LogP contribution in [0.1, 0.15) is 39.9 Å². The number of ketones is 1. The van der Waals surface area contributed by atoms with E-state index in [2.05, 4.69) is 18.2 Å². The Morgan fingerprint density at radius 2 is 1.68 bits per heavy atom. The predicted molar refractivity (Wildman–Crippen MR) is 77.6 cm³/mol. The standard InChI is InChI=1S/C18H18O/c1-13-8-9-14(2)16(12-13)17(19)18(10-11-18)15-6-4-3-5-7-15/h3-9,12H,10-11H2,1-2H3. The Bertz CT molecular complexity index is 621. The molecule has 96 valence electrons. The van der Waals surface area contributed by atoms with E-state index in [1.165, 1.54) is 5.56 Å². The third-order valence-electron chi connectivity index (χ3n) is 4.15. The van der Waals surface area contributed by atoms with Crippen molar-refractivity contribution in [2.75, 3.05) is 0 Å². The van der Waals surface area contributed by atoms with E-state index in [4.69, 9.17) is 0 Å². The first-order valence-corrected chi connectivity index (χ1v) is 6.81. The van der Waals surface area contributed by atoms with Crippen molar-refractivity contribution in [1.82, 2.24) is 0 Å². The lowest BCUT2D eigenvalue weighted by molar-refractivity contribution is 0.0945. The summed E-state index contributed by atoms with van der Waals surface area (Å²) >= 11 is 0. The van der Waals surface area contributed by atoms with Crippen LogP contribution in [-0.2, 0) is 5.41 Å². The van der Waals surface area contributed by atoms with E-state index in [0.29, 0.717) is 5.78 Å². The second-order valence-corrected chi connectivity index (χ2v) is 5.60. The summed E-state index contributed by atoms with van der Waals surface area (Å²) in [6.45, 7) is 4.06. The molecule has 1 fully saturated rings. The van der Waals surface area contributed by atoms with Crippen molar-refractivity contribution in [1.29, 1.82) is 0 Å². The van der Waals surface area contributed by atoms with Crippen LogP contribution in [0.25, 0.3) is 0 Å². The van der Waals surface area contributed by atoms with E-state index in [9.17, 15) is 4.79 Å². The third-order valence-corrected chi connectivity index (χ3v) is 4.15. The van der Waals surface area contributed by atoms with Crippen molar-refractivity contribution in [3.63, 3.8) is 0 Å². The van der Waals surface area contributed by atoms with Crippen LogP contribution in [0.4, 0.5) is 0 Å². The molecule has 2 aromatic rings. The first kappa shape index (κ1) is 12.2. The Morgan fingerprint density at radius 3 is 2.32 bits per heavy atom. The number of hydrogen-bond acceptors (Lipinski definition) is 1. The molecule has 0 spiro atoms. The molecule has 0 amide bonds. The maximum atomic E-state index is 12.9. The van der Waals surface area contributed by atoms with E-state index in [0.717, 1.165) is 29.5 Å². The molecule has 19 heavy (non-hydrogen) atoms. The second-order valence-electron chi connectivity index (χ2n) is 5.60. The number of aryl methyl sites for hydroxylation is 2. The molecule has 0 aliphatic heterocycles. The van der Waals surface area contributed by atoms with E-state index >= 15 is 0 Å². The second kappa shape index (κ2) is 4.34. The third kappa shape index (κ3) is 1.99. The minimum Gasteiger partial charge on any atom is -0.293 e. The fraction of sp³-hybridized carbons (Fsp3) is 0.278. The quantitative estimate of drug-likeness (QED) is 0.745. The average molecular weight is 250 g/mol. The largest absolute Gasteiger partial charge is 0.293 e. The van der Waals surface area contributed by atoms with Crippen molar-refractivity contribution in [3.8, 4) is 0 Å². The molecule has 0 unspecified atom stereocenters. The van der Waals surface area contributed by atoms with Crippen LogP contribution in [-0.4, -0.2) is 5.78 Å². The summed E-state index contributed by atoms with van der Waals surface area (Å²) < 4.78 is 0. The molecule has 0 N–H and O–H groups in total. The van der Waals surface area contributed by atoms with Gasteiger partial charge in [-0.2, -0.15) is 0 Å². The molecular formula is C18H18O. The van der Waals surface area contributed by atoms with Gasteiger partial charge in [-0.05, 0) is 43.9 Å². The number of hydrogen-bond donors (Lipinski definition) is 0. The molecule has 0 aromatic heterocycles. The number of rotatable bonds is 3. The molecule has 3 rings (SSSR count). The van der Waals surface area contributed by atoms with Gasteiger partial charge in [-0.1, -0.05) is 48.0 Å². The lowest BCUT2D eigenvalue weighted by Gasteiger charge is -2.16. The molecule has 0 atom stereocenters. The fourth-order valence-electron chi connectivity index (χ4n) is 2.77. The van der Waals surface area contributed by atoms with Gasteiger partial charge in [-0.15, -0.1) is 0 Å². The molecule has 1 heteroatoms. The monoisotopic (exact) mass is 250 g/mol. The summed E-state index contributed by atoms with van der Waals surface area (Å²) in [4.78, 5) is 12.9. The predicted octanol–water partition coefficient (Wildman–Crippen LogP) is 4.22. The number of benzene rings is 2. The van der Waals surface area contributed by atoms with Gasteiger partial charge in [0.1, 0.15) is 0 Å². The summed E-state index contributed by atoms with van der Waals surface area (Å²) in [5, 5.41) is 0. The molecular weight excluding hydrogens is 232 g/mol. The highest BCUT2D eigenvalue weighted by Gasteiger charge is 2.51. The van der Waals surface area contributed by atoms with Crippen LogP contribution in [0.15, 0.2) is 48.5 Å². The molecule has 1 aliphatic rings. The van der Waals surface area contributed by atoms with Crippen LogP contribution in [0.2, 0.25) is 0 Å². The van der Waals surface area contributed by atoms with Crippen LogP contribution in [0, 0.1) is 13.8 Å². The zero-order valence-corrected chi connectivity index (χ0v) is 11.4. The van der Waals surface area contributed by atoms with Crippen LogP contribution in [0.5, 0.6) is 0 Å². The SMILES string of the molecule is Cc1ccc(C)c(C(=O)C2(c3ccccc3)CC2)c1. The first-order valence-electron chi connectivity index (χ1n) is 6.81. The smallest absolute Gasteiger partial charge is 0.173 e. The topological polar surface area (TPSA) is 17.1 Å². The summed E-state index contributed by atoms with van der Waals surface area (Å²) in [6, 6.07) is 16.3. The van der Waals surface area contributed by atoms with Gasteiger partial charge < -0.3 is 0 Å². The molecule has 1 nitrogen and oxygen atoms in total. The lowest BCUT2D eigenvalue weighted by atomic mass is 9.85. The Kier molecular flexibility index (Phi) is 2.78. The van der Waals surface area contributed by atoms with Gasteiger partial charge in [0.2, 0.25) is 0 Å². The van der Waals surface area contributed by atoms with Crippen molar-refractivity contribution in [3.05, 3.63) is 70.8 Å². The van der Waals surface area contributed by atoms with Crippen LogP contribution in [0.3, 0.4) is 0 Å². The fourth-order valence-corrected chi connectivity index (χ4v) is 2.77. The lowest BCUT2D eigenvalue weighted by Crippen LogP contribution is -2.21. The van der Waals surface area contributed by atoms with Crippen molar-refractivity contribution in [2.45, 2.75) is 32.1 Å². The maximum absolute atomic E-state index is 12.9. The Labute approximate surface area is 114 Å². The minimum absolute atomic E-state index is 0.250. The molecule has 1 saturated carbocycles. The van der Waals surface area contributed by atoms with Crippen molar-refractivity contribution in [2.24, 2.45) is 0 Å². The maximum Gasteiger partial charge on any atom is 0.173 e. The zero-order chi connectivity index (χ0) is 13.5. The van der Waals surface area contributed by atoms with Gasteiger partial charge in [0, 0.05) is 5.56 Å². The summed E-state index contributed by atoms with van der Waals surface area (Å²) in [6.07, 6.45) is 1.95. The van der Waals surface area contributed by atoms with Crippen LogP contribution >= 0.6 is 0 Å². The number of carbonyl (C=O) groups is 1. The van der Waals surface area contributed by atoms with E-state index in [1.807, 2.05) is 44.2 Å². The van der Waals surface area contributed by atoms with Crippen molar-refractivity contribution < 1.29 is 4.79 Å². The minimum atomic E-state index is -0.250. The molecule has 0 saturated heterocycles. The Hall–Kier alpha value is -1.89. The summed E-state index contributed by atoms with van der Waals surface area (Å²) in [5.41, 5.74) is 4.04. The van der Waals surface area contributed by atoms with Gasteiger partial charge in [0.25, 0.3) is 0 Å². The molecule has 0 radical (unpaired) electrons. The van der Waals surface area contributed by atoms with Gasteiger partial charge in [-0.3, -0.25) is 4.79 Å². The molecule has 0 heterocycles. The normalized spacial score (nSPS) is 16.1. The summed E-state index contributed by atoms with van der Waals surface area (Å²) in [7, 11) is 0. The van der Waals surface area contributed by atoms with Crippen LogP contribution < -0.4 is 0 Å². The highest BCUT2D eigenvalue weighted by Crippen LogP contribution is 2.50. The van der Waals surface area contributed by atoms with Gasteiger partial charge in [-0.25, -0.2) is 0 Å². The van der Waals surface area contributed by atoms with Gasteiger partial charge in [0.15, 0.2) is 5.78 Å². The van der Waals surface area contributed by atoms with Gasteiger partial charge in [0.05, 0.1) is 5.41 Å². The Morgan fingerprint density at radius 1 is 1.00 bits per heavy atom. The number of Topliss-reactive ketones (excluding diaryl/α,β-unsaturated/α-hetero) is 1. The summed E-state index contributed by atoms with van der Waals surface area (Å²) in [5.74, 6) is 0.292. The molecule has 0 bridgehead atoms. The molecule has 2 aromatic carbocycles. The van der Waals surface area contributed by atoms with E-state index in [-0.39, 0.29) is 5.41 Å².